The molecule has 0 radical (unpaired) electrons. The van der Waals surface area contributed by atoms with Crippen molar-refractivity contribution in [3.05, 3.63) is 23.8 Å². The molecule has 4 N–H and O–H groups in total. The Hall–Kier alpha value is -3.58. The van der Waals surface area contributed by atoms with Crippen molar-refractivity contribution >= 4 is 17.7 Å². The molecule has 28 heavy (non-hydrogen) atoms. The minimum absolute atomic E-state index is 0.000371. The van der Waals surface area contributed by atoms with Crippen LogP contribution < -0.4 is 20.9 Å². The van der Waals surface area contributed by atoms with Crippen molar-refractivity contribution in [3.63, 3.8) is 0 Å². The number of nitriles is 1. The summed E-state index contributed by atoms with van der Waals surface area (Å²) in [5.41, 5.74) is 12.4. The van der Waals surface area contributed by atoms with Crippen LogP contribution in [0.25, 0.3) is 11.3 Å². The Morgan fingerprint density at radius 1 is 1.29 bits per heavy atom. The molecule has 1 aromatic carbocycles. The summed E-state index contributed by atoms with van der Waals surface area (Å²) in [5.74, 6) is 0.605. The third-order valence-corrected chi connectivity index (χ3v) is 4.22. The van der Waals surface area contributed by atoms with Gasteiger partial charge in [0.05, 0.1) is 26.0 Å². The van der Waals surface area contributed by atoms with E-state index in [1.54, 1.807) is 23.1 Å². The summed E-state index contributed by atoms with van der Waals surface area (Å²) in [5, 5.41) is 9.34. The van der Waals surface area contributed by atoms with Gasteiger partial charge in [0.2, 0.25) is 5.95 Å². The highest BCUT2D eigenvalue weighted by atomic mass is 16.5. The summed E-state index contributed by atoms with van der Waals surface area (Å²) < 4.78 is 16.2. The van der Waals surface area contributed by atoms with E-state index in [0.29, 0.717) is 49.1 Å². The van der Waals surface area contributed by atoms with Gasteiger partial charge in [0.1, 0.15) is 17.5 Å². The molecular formula is C18H20N6O4. The van der Waals surface area contributed by atoms with Gasteiger partial charge in [0.15, 0.2) is 18.1 Å². The lowest BCUT2D eigenvalue weighted by Gasteiger charge is -2.26. The van der Waals surface area contributed by atoms with Crippen LogP contribution in [0.1, 0.15) is 5.56 Å². The van der Waals surface area contributed by atoms with E-state index in [9.17, 15) is 10.1 Å². The Morgan fingerprint density at radius 3 is 2.71 bits per heavy atom. The minimum Gasteiger partial charge on any atom is -0.493 e. The Morgan fingerprint density at radius 2 is 2.04 bits per heavy atom. The zero-order chi connectivity index (χ0) is 20.1. The predicted octanol–water partition coefficient (Wildman–Crippen LogP) is 0.426. The highest BCUT2D eigenvalue weighted by Crippen LogP contribution is 2.34. The first-order valence-electron chi connectivity index (χ1n) is 8.53. The molecule has 2 aromatic rings. The molecule has 0 aliphatic carbocycles. The number of anilines is 2. The van der Waals surface area contributed by atoms with Crippen molar-refractivity contribution in [1.82, 2.24) is 14.9 Å². The van der Waals surface area contributed by atoms with Crippen LogP contribution in [-0.2, 0) is 9.53 Å². The van der Waals surface area contributed by atoms with Crippen LogP contribution in [0.3, 0.4) is 0 Å². The maximum atomic E-state index is 12.2. The molecule has 1 aliphatic rings. The summed E-state index contributed by atoms with van der Waals surface area (Å²) in [6, 6.07) is 6.93. The fourth-order valence-corrected chi connectivity index (χ4v) is 2.79. The molecule has 3 rings (SSSR count). The molecular weight excluding hydrogens is 364 g/mol. The van der Waals surface area contributed by atoms with Crippen LogP contribution in [0, 0.1) is 11.3 Å². The van der Waals surface area contributed by atoms with Gasteiger partial charge in [-0.2, -0.15) is 10.2 Å². The number of carbonyl (C=O) groups is 1. The Bertz CT molecular complexity index is 921. The highest BCUT2D eigenvalue weighted by Gasteiger charge is 2.19. The fourth-order valence-electron chi connectivity index (χ4n) is 2.79. The number of nitrogen functional groups attached to an aromatic ring is 2. The molecule has 0 bridgehead atoms. The van der Waals surface area contributed by atoms with Gasteiger partial charge in [-0.05, 0) is 18.2 Å². The van der Waals surface area contributed by atoms with E-state index in [1.807, 2.05) is 6.07 Å². The maximum Gasteiger partial charge on any atom is 0.260 e. The van der Waals surface area contributed by atoms with E-state index in [-0.39, 0.29) is 29.8 Å². The largest absolute Gasteiger partial charge is 0.493 e. The molecule has 1 amide bonds. The Kier molecular flexibility index (Phi) is 5.76. The quantitative estimate of drug-likeness (QED) is 0.748. The summed E-state index contributed by atoms with van der Waals surface area (Å²) in [7, 11) is 1.48. The van der Waals surface area contributed by atoms with Crippen LogP contribution in [-0.4, -0.2) is 60.8 Å². The number of rotatable bonds is 5. The summed E-state index contributed by atoms with van der Waals surface area (Å²) in [4.78, 5) is 21.8. The van der Waals surface area contributed by atoms with Crippen LogP contribution >= 0.6 is 0 Å². The van der Waals surface area contributed by atoms with Gasteiger partial charge in [-0.1, -0.05) is 0 Å². The van der Waals surface area contributed by atoms with E-state index >= 15 is 0 Å². The molecule has 10 nitrogen and oxygen atoms in total. The lowest BCUT2D eigenvalue weighted by Crippen LogP contribution is -2.43. The standard InChI is InChI=1S/C18H20N6O4/c1-26-14-8-11(16-12(9-19)17(20)23-18(21)22-16)2-3-13(14)28-10-15(25)24-4-6-27-7-5-24/h2-3,8H,4-7,10H2,1H3,(H4,20,21,22,23). The number of hydrogen-bond acceptors (Lipinski definition) is 9. The number of morpholine rings is 1. The maximum absolute atomic E-state index is 12.2. The number of methoxy groups -OCH3 is 1. The topological polar surface area (TPSA) is 150 Å². The van der Waals surface area contributed by atoms with Crippen molar-refractivity contribution in [2.45, 2.75) is 0 Å². The third kappa shape index (κ3) is 4.05. The van der Waals surface area contributed by atoms with Gasteiger partial charge in [-0.15, -0.1) is 0 Å². The lowest BCUT2D eigenvalue weighted by atomic mass is 10.1. The molecule has 1 aliphatic heterocycles. The number of benzene rings is 1. The number of nitrogens with zero attached hydrogens (tertiary/aromatic N) is 4. The molecule has 1 aromatic heterocycles. The van der Waals surface area contributed by atoms with Crippen LogP contribution in [0.2, 0.25) is 0 Å². The highest BCUT2D eigenvalue weighted by molar-refractivity contribution is 5.78. The zero-order valence-electron chi connectivity index (χ0n) is 15.3. The first-order valence-corrected chi connectivity index (χ1v) is 8.53. The van der Waals surface area contributed by atoms with Gasteiger partial charge in [-0.3, -0.25) is 4.79 Å². The average Bonchev–Trinajstić information content (AvgIpc) is 2.72. The lowest BCUT2D eigenvalue weighted by molar-refractivity contribution is -0.137. The third-order valence-electron chi connectivity index (χ3n) is 4.22. The normalized spacial score (nSPS) is 13.6. The van der Waals surface area contributed by atoms with E-state index < -0.39 is 0 Å². The Labute approximate surface area is 161 Å². The summed E-state index contributed by atoms with van der Waals surface area (Å²) >= 11 is 0. The van der Waals surface area contributed by atoms with Crippen molar-refractivity contribution in [1.29, 1.82) is 5.26 Å². The van der Waals surface area contributed by atoms with Crippen molar-refractivity contribution in [3.8, 4) is 28.8 Å². The van der Waals surface area contributed by atoms with Crippen molar-refractivity contribution < 1.29 is 19.0 Å². The zero-order valence-corrected chi connectivity index (χ0v) is 15.3. The van der Waals surface area contributed by atoms with Gasteiger partial charge < -0.3 is 30.6 Å². The monoisotopic (exact) mass is 384 g/mol. The molecule has 2 heterocycles. The first-order chi connectivity index (χ1) is 13.5. The van der Waals surface area contributed by atoms with E-state index in [0.717, 1.165) is 0 Å². The van der Waals surface area contributed by atoms with Gasteiger partial charge in [0.25, 0.3) is 5.91 Å². The van der Waals surface area contributed by atoms with Crippen LogP contribution in [0.4, 0.5) is 11.8 Å². The number of aromatic nitrogens is 2. The van der Waals surface area contributed by atoms with Crippen LogP contribution in [0.15, 0.2) is 18.2 Å². The fraction of sp³-hybridized carbons (Fsp3) is 0.333. The van der Waals surface area contributed by atoms with E-state index in [4.69, 9.17) is 25.7 Å². The minimum atomic E-state index is -0.127. The van der Waals surface area contributed by atoms with Crippen molar-refractivity contribution in [2.75, 3.05) is 51.5 Å². The molecule has 10 heteroatoms. The predicted molar refractivity (Wildman–Crippen MR) is 100 cm³/mol. The van der Waals surface area contributed by atoms with Crippen molar-refractivity contribution in [2.24, 2.45) is 0 Å². The van der Waals surface area contributed by atoms with Gasteiger partial charge >= 0.3 is 0 Å². The number of amides is 1. The molecule has 0 spiro atoms. The summed E-state index contributed by atoms with van der Waals surface area (Å²) in [6.07, 6.45) is 0. The van der Waals surface area contributed by atoms with Gasteiger partial charge in [-0.25, -0.2) is 4.98 Å². The second-order valence-electron chi connectivity index (χ2n) is 5.95. The number of carbonyl (C=O) groups excluding carboxylic acids is 1. The second kappa shape index (κ2) is 8.41. The van der Waals surface area contributed by atoms with E-state index in [1.165, 1.54) is 7.11 Å². The molecule has 1 saturated heterocycles. The molecule has 146 valence electrons. The van der Waals surface area contributed by atoms with E-state index in [2.05, 4.69) is 9.97 Å². The SMILES string of the molecule is COc1cc(-c2nc(N)nc(N)c2C#N)ccc1OCC(=O)N1CCOCC1. The number of ether oxygens (including phenoxy) is 3. The smallest absolute Gasteiger partial charge is 0.260 e. The van der Waals surface area contributed by atoms with Crippen LogP contribution in [0.5, 0.6) is 11.5 Å². The number of nitrogens with two attached hydrogens (primary N) is 2. The molecule has 0 saturated carbocycles. The number of hydrogen-bond donors (Lipinski definition) is 2. The first kappa shape index (κ1) is 19.2. The molecule has 0 atom stereocenters. The van der Waals surface area contributed by atoms with Gasteiger partial charge in [0, 0.05) is 18.7 Å². The average molecular weight is 384 g/mol. The molecule has 0 unspecified atom stereocenters. The summed E-state index contributed by atoms with van der Waals surface area (Å²) in [6.45, 7) is 2.02. The Balaban J connectivity index is 1.81. The second-order valence-corrected chi connectivity index (χ2v) is 5.95. The molecule has 1 fully saturated rings.